The van der Waals surface area contributed by atoms with E-state index in [1.54, 1.807) is 18.2 Å². The fourth-order valence-electron chi connectivity index (χ4n) is 2.79. The predicted molar refractivity (Wildman–Crippen MR) is 92.9 cm³/mol. The molecule has 2 rings (SSSR count). The van der Waals surface area contributed by atoms with E-state index >= 15 is 0 Å². The minimum absolute atomic E-state index is 0. The molecule has 0 aromatic heterocycles. The van der Waals surface area contributed by atoms with Crippen LogP contribution in [0.2, 0.25) is 0 Å². The van der Waals surface area contributed by atoms with Gasteiger partial charge in [0.05, 0.1) is 7.11 Å². The summed E-state index contributed by atoms with van der Waals surface area (Å²) in [4.78, 5) is 25.4. The predicted octanol–water partition coefficient (Wildman–Crippen LogP) is 0.805. The van der Waals surface area contributed by atoms with Crippen molar-refractivity contribution in [2.24, 2.45) is 5.73 Å². The molecule has 1 aromatic carbocycles. The molecular weight excluding hydrogens is 334 g/mol. The molecule has 0 aliphatic carbocycles. The molecule has 1 atom stereocenters. The Kier molecular flexibility index (Phi) is 7.81. The van der Waals surface area contributed by atoms with Crippen LogP contribution in [0.25, 0.3) is 0 Å². The molecule has 1 unspecified atom stereocenters. The van der Waals surface area contributed by atoms with Crippen LogP contribution in [0.4, 0.5) is 0 Å². The van der Waals surface area contributed by atoms with Crippen LogP contribution in [0.1, 0.15) is 23.2 Å². The third-order valence-electron chi connectivity index (χ3n) is 3.86. The smallest absolute Gasteiger partial charge is 0.255 e. The average molecular weight is 358 g/mol. The van der Waals surface area contributed by atoms with E-state index in [1.165, 1.54) is 7.11 Å². The van der Waals surface area contributed by atoms with Crippen molar-refractivity contribution >= 4 is 24.2 Å². The van der Waals surface area contributed by atoms with Crippen LogP contribution in [0, 0.1) is 0 Å². The van der Waals surface area contributed by atoms with Gasteiger partial charge in [-0.3, -0.25) is 9.59 Å². The number of hydrogen-bond acceptors (Lipinski definition) is 5. The number of nitrogens with two attached hydrogens (primary N) is 1. The second kappa shape index (κ2) is 9.34. The molecule has 1 aliphatic heterocycles. The Morgan fingerprint density at radius 3 is 2.75 bits per heavy atom. The molecular formula is C16H24ClN3O4. The van der Waals surface area contributed by atoms with Gasteiger partial charge < -0.3 is 25.4 Å². The van der Waals surface area contributed by atoms with E-state index in [2.05, 4.69) is 5.32 Å². The maximum atomic E-state index is 12.7. The summed E-state index contributed by atoms with van der Waals surface area (Å²) in [5.41, 5.74) is 5.60. The SMILES string of the molecule is CNCC1CCCN1C(=O)c1ccc(OCC(N)=O)c(OC)c1.Cl. The molecule has 24 heavy (non-hydrogen) atoms. The minimum Gasteiger partial charge on any atom is -0.493 e. The van der Waals surface area contributed by atoms with E-state index < -0.39 is 5.91 Å². The van der Waals surface area contributed by atoms with Gasteiger partial charge in [0, 0.05) is 24.7 Å². The number of likely N-dealkylation sites (N-methyl/N-ethyl adjacent to an activating group) is 1. The highest BCUT2D eigenvalue weighted by Crippen LogP contribution is 2.29. The molecule has 1 heterocycles. The fraction of sp³-hybridized carbons (Fsp3) is 0.500. The number of methoxy groups -OCH3 is 1. The number of ether oxygens (including phenoxy) is 2. The van der Waals surface area contributed by atoms with E-state index in [-0.39, 0.29) is 31.0 Å². The molecule has 2 amide bonds. The zero-order chi connectivity index (χ0) is 16.8. The molecule has 1 aromatic rings. The first-order valence-corrected chi connectivity index (χ1v) is 7.61. The number of carbonyl (C=O) groups excluding carboxylic acids is 2. The van der Waals surface area contributed by atoms with Gasteiger partial charge in [0.15, 0.2) is 18.1 Å². The molecule has 8 heteroatoms. The van der Waals surface area contributed by atoms with Crippen LogP contribution >= 0.6 is 12.4 Å². The average Bonchev–Trinajstić information content (AvgIpc) is 3.00. The molecule has 1 aliphatic rings. The van der Waals surface area contributed by atoms with Crippen molar-refractivity contribution in [1.29, 1.82) is 0 Å². The van der Waals surface area contributed by atoms with Crippen molar-refractivity contribution in [3.8, 4) is 11.5 Å². The first kappa shape index (κ1) is 20.1. The molecule has 3 N–H and O–H groups in total. The van der Waals surface area contributed by atoms with Crippen LogP contribution in [-0.2, 0) is 4.79 Å². The Labute approximate surface area is 147 Å². The number of likely N-dealkylation sites (tertiary alicyclic amines) is 1. The lowest BCUT2D eigenvalue weighted by molar-refractivity contribution is -0.119. The number of nitrogens with zero attached hydrogens (tertiary/aromatic N) is 1. The summed E-state index contributed by atoms with van der Waals surface area (Å²) < 4.78 is 10.5. The lowest BCUT2D eigenvalue weighted by Gasteiger charge is -2.25. The van der Waals surface area contributed by atoms with Crippen LogP contribution in [-0.4, -0.2) is 56.6 Å². The summed E-state index contributed by atoms with van der Waals surface area (Å²) in [5, 5.41) is 3.12. The summed E-state index contributed by atoms with van der Waals surface area (Å²) in [6.45, 7) is 1.30. The van der Waals surface area contributed by atoms with Gasteiger partial charge in [-0.15, -0.1) is 12.4 Å². The highest BCUT2D eigenvalue weighted by molar-refractivity contribution is 5.95. The molecule has 0 bridgehead atoms. The van der Waals surface area contributed by atoms with Crippen LogP contribution < -0.4 is 20.5 Å². The van der Waals surface area contributed by atoms with E-state index in [0.29, 0.717) is 17.1 Å². The van der Waals surface area contributed by atoms with E-state index in [9.17, 15) is 9.59 Å². The van der Waals surface area contributed by atoms with E-state index in [0.717, 1.165) is 25.9 Å². The zero-order valence-corrected chi connectivity index (χ0v) is 14.7. The number of halogens is 1. The lowest BCUT2D eigenvalue weighted by Crippen LogP contribution is -2.40. The van der Waals surface area contributed by atoms with Crippen molar-refractivity contribution in [2.45, 2.75) is 18.9 Å². The van der Waals surface area contributed by atoms with Crippen LogP contribution in [0.3, 0.4) is 0 Å². The largest absolute Gasteiger partial charge is 0.493 e. The Hall–Kier alpha value is -1.99. The molecule has 0 spiro atoms. The Balaban J connectivity index is 0.00000288. The highest BCUT2D eigenvalue weighted by atomic mass is 35.5. The van der Waals surface area contributed by atoms with Gasteiger partial charge in [0.25, 0.3) is 11.8 Å². The number of primary amides is 1. The maximum Gasteiger partial charge on any atom is 0.255 e. The van der Waals surface area contributed by atoms with Crippen molar-refractivity contribution in [1.82, 2.24) is 10.2 Å². The van der Waals surface area contributed by atoms with Crippen LogP contribution in [0.5, 0.6) is 11.5 Å². The normalized spacial score (nSPS) is 16.4. The molecule has 134 valence electrons. The van der Waals surface area contributed by atoms with Gasteiger partial charge >= 0.3 is 0 Å². The standard InChI is InChI=1S/C16H23N3O4.ClH/c1-18-9-12-4-3-7-19(12)16(21)11-5-6-13(14(8-11)22-2)23-10-15(17)20;/h5-6,8,12,18H,3-4,7,9-10H2,1-2H3,(H2,17,20);1H. The van der Waals surface area contributed by atoms with Gasteiger partial charge in [-0.1, -0.05) is 0 Å². The number of rotatable bonds is 7. The van der Waals surface area contributed by atoms with E-state index in [4.69, 9.17) is 15.2 Å². The van der Waals surface area contributed by atoms with Crippen molar-refractivity contribution in [2.75, 3.05) is 33.9 Å². The number of hydrogen-bond donors (Lipinski definition) is 2. The van der Waals surface area contributed by atoms with Gasteiger partial charge in [0.2, 0.25) is 0 Å². The monoisotopic (exact) mass is 357 g/mol. The third kappa shape index (κ3) is 4.75. The van der Waals surface area contributed by atoms with Crippen molar-refractivity contribution in [3.63, 3.8) is 0 Å². The minimum atomic E-state index is -0.570. The number of benzene rings is 1. The molecule has 0 radical (unpaired) electrons. The highest BCUT2D eigenvalue weighted by Gasteiger charge is 2.29. The summed E-state index contributed by atoms with van der Waals surface area (Å²) in [6.07, 6.45) is 2.01. The fourth-order valence-corrected chi connectivity index (χ4v) is 2.79. The van der Waals surface area contributed by atoms with Gasteiger partial charge in [0.1, 0.15) is 0 Å². The molecule has 7 nitrogen and oxygen atoms in total. The lowest BCUT2D eigenvalue weighted by atomic mass is 10.1. The van der Waals surface area contributed by atoms with Gasteiger partial charge in [-0.25, -0.2) is 0 Å². The molecule has 0 saturated carbocycles. The first-order valence-electron chi connectivity index (χ1n) is 7.61. The third-order valence-corrected chi connectivity index (χ3v) is 3.86. The first-order chi connectivity index (χ1) is 11.1. The maximum absolute atomic E-state index is 12.7. The van der Waals surface area contributed by atoms with Gasteiger partial charge in [-0.2, -0.15) is 0 Å². The Morgan fingerprint density at radius 1 is 1.38 bits per heavy atom. The van der Waals surface area contributed by atoms with Gasteiger partial charge in [-0.05, 0) is 38.1 Å². The summed E-state index contributed by atoms with van der Waals surface area (Å²) in [5.74, 6) is 0.194. The second-order valence-corrected chi connectivity index (χ2v) is 5.47. The number of carbonyl (C=O) groups is 2. The van der Waals surface area contributed by atoms with E-state index in [1.807, 2.05) is 11.9 Å². The Bertz CT molecular complexity index is 582. The summed E-state index contributed by atoms with van der Waals surface area (Å²) in [7, 11) is 3.37. The van der Waals surface area contributed by atoms with Crippen molar-refractivity contribution in [3.05, 3.63) is 23.8 Å². The number of nitrogens with one attached hydrogen (secondary N) is 1. The van der Waals surface area contributed by atoms with Crippen molar-refractivity contribution < 1.29 is 19.1 Å². The summed E-state index contributed by atoms with van der Waals surface area (Å²) in [6, 6.07) is 5.14. The molecule has 1 saturated heterocycles. The summed E-state index contributed by atoms with van der Waals surface area (Å²) >= 11 is 0. The van der Waals surface area contributed by atoms with Crippen LogP contribution in [0.15, 0.2) is 18.2 Å². The quantitative estimate of drug-likeness (QED) is 0.753. The Morgan fingerprint density at radius 2 is 2.12 bits per heavy atom. The number of amides is 2. The second-order valence-electron chi connectivity index (χ2n) is 5.47. The topological polar surface area (TPSA) is 93.9 Å². The zero-order valence-electron chi connectivity index (χ0n) is 13.9. The molecule has 1 fully saturated rings.